The monoisotopic (exact) mass is 448 g/mol. The van der Waals surface area contributed by atoms with Gasteiger partial charge in [-0.25, -0.2) is 14.8 Å². The van der Waals surface area contributed by atoms with Crippen LogP contribution in [-0.4, -0.2) is 86.9 Å². The van der Waals surface area contributed by atoms with Crippen molar-refractivity contribution in [2.75, 3.05) is 56.4 Å². The van der Waals surface area contributed by atoms with Crippen molar-refractivity contribution in [2.24, 2.45) is 0 Å². The Bertz CT molecular complexity index is 1090. The summed E-state index contributed by atoms with van der Waals surface area (Å²) in [5, 5.41) is 16.1. The number of carboxylic acid groups (broad SMARTS) is 1. The second kappa shape index (κ2) is 9.16. The average molecular weight is 449 g/mol. The van der Waals surface area contributed by atoms with E-state index in [4.69, 9.17) is 5.73 Å². The number of aromatic carboxylic acids is 1. The van der Waals surface area contributed by atoms with Crippen LogP contribution in [0.3, 0.4) is 0 Å². The molecule has 0 spiro atoms. The van der Waals surface area contributed by atoms with E-state index in [2.05, 4.69) is 34.9 Å². The Hall–Kier alpha value is -3.50. The Kier molecular flexibility index (Phi) is 5.93. The van der Waals surface area contributed by atoms with E-state index in [-0.39, 0.29) is 6.04 Å². The van der Waals surface area contributed by atoms with Gasteiger partial charge in [-0.1, -0.05) is 12.1 Å². The maximum absolute atomic E-state index is 11.3. The Morgan fingerprint density at radius 1 is 1.09 bits per heavy atom. The van der Waals surface area contributed by atoms with Crippen molar-refractivity contribution in [1.29, 1.82) is 0 Å². The predicted molar refractivity (Wildman–Crippen MR) is 125 cm³/mol. The number of rotatable bonds is 7. The molecule has 4 heterocycles. The minimum absolute atomic E-state index is 0.221. The quantitative estimate of drug-likeness (QED) is 0.495. The Morgan fingerprint density at radius 2 is 1.85 bits per heavy atom. The number of carboxylic acids is 1. The first kappa shape index (κ1) is 21.4. The molecule has 4 N–H and O–H groups in total. The average Bonchev–Trinajstić information content (AvgIpc) is 3.33. The SMILES string of the molecule is Nc1ncnc(N2CCN([C@H](CN3CCC3)c3ccc(C(=O)O)cc3)CC2)c1-c1cn[nH]c1. The van der Waals surface area contributed by atoms with E-state index in [1.54, 1.807) is 24.5 Å². The predicted octanol–water partition coefficient (Wildman–Crippen LogP) is 1.72. The van der Waals surface area contributed by atoms with Crippen molar-refractivity contribution in [2.45, 2.75) is 12.5 Å². The maximum Gasteiger partial charge on any atom is 0.335 e. The molecule has 172 valence electrons. The molecule has 2 aromatic heterocycles. The van der Waals surface area contributed by atoms with Gasteiger partial charge in [0, 0.05) is 50.5 Å². The number of hydrogen-bond acceptors (Lipinski definition) is 8. The van der Waals surface area contributed by atoms with Crippen LogP contribution in [0.15, 0.2) is 43.0 Å². The summed E-state index contributed by atoms with van der Waals surface area (Å²) in [4.78, 5) is 27.2. The zero-order chi connectivity index (χ0) is 22.8. The fraction of sp³-hybridized carbons (Fsp3) is 0.391. The van der Waals surface area contributed by atoms with E-state index in [1.807, 2.05) is 12.1 Å². The highest BCUT2D eigenvalue weighted by atomic mass is 16.4. The first-order valence-corrected chi connectivity index (χ1v) is 11.2. The van der Waals surface area contributed by atoms with Gasteiger partial charge in [-0.2, -0.15) is 5.10 Å². The number of aromatic amines is 1. The van der Waals surface area contributed by atoms with Crippen LogP contribution < -0.4 is 10.6 Å². The van der Waals surface area contributed by atoms with Crippen LogP contribution in [0.5, 0.6) is 0 Å². The molecule has 0 bridgehead atoms. The first-order chi connectivity index (χ1) is 16.1. The molecule has 0 amide bonds. The van der Waals surface area contributed by atoms with E-state index in [0.29, 0.717) is 11.4 Å². The lowest BCUT2D eigenvalue weighted by molar-refractivity contribution is 0.0696. The fourth-order valence-electron chi connectivity index (χ4n) is 4.63. The third-order valence-corrected chi connectivity index (χ3v) is 6.62. The van der Waals surface area contributed by atoms with E-state index in [0.717, 1.165) is 68.3 Å². The van der Waals surface area contributed by atoms with Gasteiger partial charge in [-0.05, 0) is 37.2 Å². The number of nitrogen functional groups attached to an aromatic ring is 1. The van der Waals surface area contributed by atoms with Crippen LogP contribution in [0.25, 0.3) is 11.1 Å². The van der Waals surface area contributed by atoms with Crippen molar-refractivity contribution in [1.82, 2.24) is 30.0 Å². The Morgan fingerprint density at radius 3 is 2.45 bits per heavy atom. The number of anilines is 2. The van der Waals surface area contributed by atoms with Gasteiger partial charge in [0.2, 0.25) is 0 Å². The van der Waals surface area contributed by atoms with Crippen molar-refractivity contribution < 1.29 is 9.90 Å². The number of piperazine rings is 1. The number of aromatic nitrogens is 4. The number of nitrogens with one attached hydrogen (secondary N) is 1. The molecule has 0 radical (unpaired) electrons. The number of hydrogen-bond donors (Lipinski definition) is 3. The number of nitrogens with two attached hydrogens (primary N) is 1. The van der Waals surface area contributed by atoms with Crippen LogP contribution in [0.4, 0.5) is 11.6 Å². The number of H-pyrrole nitrogens is 1. The molecule has 3 aromatic rings. The van der Waals surface area contributed by atoms with E-state index < -0.39 is 5.97 Å². The fourth-order valence-corrected chi connectivity index (χ4v) is 4.63. The molecule has 10 nitrogen and oxygen atoms in total. The molecular formula is C23H28N8O2. The smallest absolute Gasteiger partial charge is 0.335 e. The molecule has 10 heteroatoms. The topological polar surface area (TPSA) is 128 Å². The Balaban J connectivity index is 1.34. The molecule has 2 aliphatic heterocycles. The van der Waals surface area contributed by atoms with Crippen LogP contribution >= 0.6 is 0 Å². The van der Waals surface area contributed by atoms with Crippen LogP contribution in [0.2, 0.25) is 0 Å². The summed E-state index contributed by atoms with van der Waals surface area (Å²) >= 11 is 0. The van der Waals surface area contributed by atoms with Crippen molar-refractivity contribution in [3.05, 3.63) is 54.1 Å². The van der Waals surface area contributed by atoms with Crippen molar-refractivity contribution in [3.8, 4) is 11.1 Å². The van der Waals surface area contributed by atoms with Gasteiger partial charge in [0.05, 0.1) is 17.3 Å². The molecular weight excluding hydrogens is 420 g/mol. The molecule has 1 aromatic carbocycles. The van der Waals surface area contributed by atoms with Gasteiger partial charge in [0.15, 0.2) is 0 Å². The van der Waals surface area contributed by atoms with E-state index in [1.165, 1.54) is 12.7 Å². The largest absolute Gasteiger partial charge is 0.478 e. The van der Waals surface area contributed by atoms with Gasteiger partial charge in [0.1, 0.15) is 18.0 Å². The molecule has 1 atom stereocenters. The Labute approximate surface area is 192 Å². The van der Waals surface area contributed by atoms with Gasteiger partial charge in [-0.15, -0.1) is 0 Å². The highest BCUT2D eigenvalue weighted by Gasteiger charge is 2.30. The van der Waals surface area contributed by atoms with Gasteiger partial charge in [-0.3, -0.25) is 10.00 Å². The highest BCUT2D eigenvalue weighted by Crippen LogP contribution is 2.34. The molecule has 0 unspecified atom stereocenters. The lowest BCUT2D eigenvalue weighted by Gasteiger charge is -2.43. The second-order valence-electron chi connectivity index (χ2n) is 8.56. The summed E-state index contributed by atoms with van der Waals surface area (Å²) in [7, 11) is 0. The summed E-state index contributed by atoms with van der Waals surface area (Å²) in [6.45, 7) is 6.56. The van der Waals surface area contributed by atoms with Gasteiger partial charge >= 0.3 is 5.97 Å². The van der Waals surface area contributed by atoms with E-state index in [9.17, 15) is 9.90 Å². The minimum atomic E-state index is -0.896. The standard InChI is InChI=1S/C23H28N8O2/c24-21-20(18-12-27-28-13-18)22(26-15-25-21)31-10-8-30(9-11-31)19(14-29-6-1-7-29)16-2-4-17(5-3-16)23(32)33/h2-5,12-13,15,19H,1,6-11,14H2,(H,27,28)(H,32,33)(H2,24,25,26)/t19-/m1/s1. The molecule has 2 fully saturated rings. The molecule has 2 aliphatic rings. The summed E-state index contributed by atoms with van der Waals surface area (Å²) in [5.74, 6) is 0.374. The zero-order valence-corrected chi connectivity index (χ0v) is 18.4. The molecule has 2 saturated heterocycles. The van der Waals surface area contributed by atoms with Crippen molar-refractivity contribution >= 4 is 17.6 Å². The highest BCUT2D eigenvalue weighted by molar-refractivity contribution is 5.87. The lowest BCUT2D eigenvalue weighted by atomic mass is 10.0. The normalized spacial score (nSPS) is 18.1. The van der Waals surface area contributed by atoms with Crippen molar-refractivity contribution in [3.63, 3.8) is 0 Å². The molecule has 5 rings (SSSR count). The second-order valence-corrected chi connectivity index (χ2v) is 8.56. The third-order valence-electron chi connectivity index (χ3n) is 6.62. The first-order valence-electron chi connectivity index (χ1n) is 11.2. The maximum atomic E-state index is 11.3. The lowest BCUT2D eigenvalue weighted by Crippen LogP contribution is -2.51. The summed E-state index contributed by atoms with van der Waals surface area (Å²) in [6, 6.07) is 7.56. The van der Waals surface area contributed by atoms with Gasteiger partial charge < -0.3 is 20.6 Å². The zero-order valence-electron chi connectivity index (χ0n) is 18.4. The van der Waals surface area contributed by atoms with Crippen LogP contribution in [0, 0.1) is 0 Å². The third kappa shape index (κ3) is 4.39. The van der Waals surface area contributed by atoms with Crippen LogP contribution in [0.1, 0.15) is 28.4 Å². The number of nitrogens with zero attached hydrogens (tertiary/aromatic N) is 6. The van der Waals surface area contributed by atoms with E-state index >= 15 is 0 Å². The van der Waals surface area contributed by atoms with Crippen LogP contribution in [-0.2, 0) is 0 Å². The number of benzene rings is 1. The molecule has 33 heavy (non-hydrogen) atoms. The molecule has 0 aliphatic carbocycles. The number of carbonyl (C=O) groups is 1. The number of likely N-dealkylation sites (tertiary alicyclic amines) is 1. The molecule has 0 saturated carbocycles. The summed E-state index contributed by atoms with van der Waals surface area (Å²) < 4.78 is 0. The van der Waals surface area contributed by atoms with Gasteiger partial charge in [0.25, 0.3) is 0 Å². The summed E-state index contributed by atoms with van der Waals surface area (Å²) in [6.07, 6.45) is 6.29. The summed E-state index contributed by atoms with van der Waals surface area (Å²) in [5.41, 5.74) is 9.36. The minimum Gasteiger partial charge on any atom is -0.478 e.